The molecule has 0 aliphatic carbocycles. The SMILES string of the molecule is CCCCCC(CC)C(=O)NC[C@H]1N[C@H](CO)[C@@H](O)[C@@H]1O. The zero-order valence-electron chi connectivity index (χ0n) is 13.1. The molecule has 0 aromatic heterocycles. The first-order valence-electron chi connectivity index (χ1n) is 8.05. The lowest BCUT2D eigenvalue weighted by Crippen LogP contribution is -2.45. The largest absolute Gasteiger partial charge is 0.395 e. The Morgan fingerprint density at radius 2 is 1.86 bits per heavy atom. The van der Waals surface area contributed by atoms with Gasteiger partial charge in [-0.3, -0.25) is 4.79 Å². The molecule has 6 nitrogen and oxygen atoms in total. The van der Waals surface area contributed by atoms with E-state index in [0.717, 1.165) is 32.1 Å². The third kappa shape index (κ3) is 5.21. The van der Waals surface area contributed by atoms with E-state index in [2.05, 4.69) is 17.6 Å². The summed E-state index contributed by atoms with van der Waals surface area (Å²) >= 11 is 0. The summed E-state index contributed by atoms with van der Waals surface area (Å²) in [6.07, 6.45) is 3.05. The molecule has 6 heteroatoms. The van der Waals surface area contributed by atoms with Gasteiger partial charge in [-0.25, -0.2) is 0 Å². The third-order valence-corrected chi connectivity index (χ3v) is 4.32. The summed E-state index contributed by atoms with van der Waals surface area (Å²) in [6.45, 7) is 4.16. The molecule has 1 fully saturated rings. The first kappa shape index (κ1) is 18.4. The fourth-order valence-electron chi connectivity index (χ4n) is 2.80. The van der Waals surface area contributed by atoms with Crippen molar-refractivity contribution >= 4 is 5.91 Å². The van der Waals surface area contributed by atoms with E-state index in [4.69, 9.17) is 5.11 Å². The van der Waals surface area contributed by atoms with Crippen LogP contribution in [-0.2, 0) is 4.79 Å². The molecule has 0 spiro atoms. The number of carbonyl (C=O) groups excluding carboxylic acids is 1. The number of nitrogens with one attached hydrogen (secondary N) is 2. The van der Waals surface area contributed by atoms with Crippen LogP contribution in [0.2, 0.25) is 0 Å². The number of unbranched alkanes of at least 4 members (excludes halogenated alkanes) is 2. The quantitative estimate of drug-likeness (QED) is 0.379. The fourth-order valence-corrected chi connectivity index (χ4v) is 2.80. The topological polar surface area (TPSA) is 102 Å². The highest BCUT2D eigenvalue weighted by molar-refractivity contribution is 5.78. The second kappa shape index (κ2) is 9.35. The lowest BCUT2D eigenvalue weighted by atomic mass is 9.97. The summed E-state index contributed by atoms with van der Waals surface area (Å²) < 4.78 is 0. The molecule has 124 valence electrons. The normalized spacial score (nSPS) is 30.3. The van der Waals surface area contributed by atoms with Crippen LogP contribution < -0.4 is 10.6 Å². The molecule has 1 amide bonds. The molecule has 0 aromatic rings. The predicted molar refractivity (Wildman–Crippen MR) is 80.7 cm³/mol. The first-order valence-corrected chi connectivity index (χ1v) is 8.05. The molecular formula is C15H30N2O4. The van der Waals surface area contributed by atoms with E-state index in [0.29, 0.717) is 0 Å². The van der Waals surface area contributed by atoms with Crippen molar-refractivity contribution < 1.29 is 20.1 Å². The average Bonchev–Trinajstić information content (AvgIpc) is 2.76. The summed E-state index contributed by atoms with van der Waals surface area (Å²) in [5.74, 6) is 0.0122. The van der Waals surface area contributed by atoms with Gasteiger partial charge in [0.25, 0.3) is 0 Å². The number of hydrogen-bond donors (Lipinski definition) is 5. The zero-order chi connectivity index (χ0) is 15.8. The molecule has 0 radical (unpaired) electrons. The smallest absolute Gasteiger partial charge is 0.223 e. The van der Waals surface area contributed by atoms with Crippen molar-refractivity contribution in [1.29, 1.82) is 0 Å². The molecule has 0 aromatic carbocycles. The maximum atomic E-state index is 12.1. The van der Waals surface area contributed by atoms with Gasteiger partial charge >= 0.3 is 0 Å². The molecular weight excluding hydrogens is 272 g/mol. The molecule has 0 saturated carbocycles. The number of aliphatic hydroxyl groups is 3. The molecule has 21 heavy (non-hydrogen) atoms. The highest BCUT2D eigenvalue weighted by Crippen LogP contribution is 2.16. The van der Waals surface area contributed by atoms with Crippen LogP contribution >= 0.6 is 0 Å². The Kier molecular flexibility index (Phi) is 8.18. The van der Waals surface area contributed by atoms with Gasteiger partial charge in [0.15, 0.2) is 0 Å². The lowest BCUT2D eigenvalue weighted by Gasteiger charge is -2.19. The van der Waals surface area contributed by atoms with Crippen molar-refractivity contribution in [3.05, 3.63) is 0 Å². The van der Waals surface area contributed by atoms with Crippen molar-refractivity contribution in [1.82, 2.24) is 10.6 Å². The predicted octanol–water partition coefficient (Wildman–Crippen LogP) is -0.236. The number of amides is 1. The van der Waals surface area contributed by atoms with E-state index in [1.165, 1.54) is 0 Å². The van der Waals surface area contributed by atoms with Crippen molar-refractivity contribution in [3.8, 4) is 0 Å². The van der Waals surface area contributed by atoms with Crippen molar-refractivity contribution in [3.63, 3.8) is 0 Å². The highest BCUT2D eigenvalue weighted by atomic mass is 16.3. The second-order valence-electron chi connectivity index (χ2n) is 5.89. The summed E-state index contributed by atoms with van der Waals surface area (Å²) in [7, 11) is 0. The summed E-state index contributed by atoms with van der Waals surface area (Å²) in [5.41, 5.74) is 0. The zero-order valence-corrected chi connectivity index (χ0v) is 13.1. The lowest BCUT2D eigenvalue weighted by molar-refractivity contribution is -0.125. The van der Waals surface area contributed by atoms with Crippen LogP contribution in [0.25, 0.3) is 0 Å². The minimum absolute atomic E-state index is 0.00420. The molecule has 1 heterocycles. The highest BCUT2D eigenvalue weighted by Gasteiger charge is 2.40. The molecule has 0 bridgehead atoms. The Morgan fingerprint density at radius 3 is 2.38 bits per heavy atom. The van der Waals surface area contributed by atoms with E-state index in [9.17, 15) is 15.0 Å². The minimum Gasteiger partial charge on any atom is -0.395 e. The molecule has 1 saturated heterocycles. The number of hydrogen-bond acceptors (Lipinski definition) is 5. The van der Waals surface area contributed by atoms with Crippen LogP contribution in [0.4, 0.5) is 0 Å². The average molecular weight is 302 g/mol. The maximum Gasteiger partial charge on any atom is 0.223 e. The number of aliphatic hydroxyl groups excluding tert-OH is 3. The van der Waals surface area contributed by atoms with Crippen LogP contribution in [-0.4, -0.2) is 58.7 Å². The standard InChI is InChI=1S/C15H30N2O4/c1-3-5-6-7-10(4-2)15(21)16-8-11-13(19)14(20)12(9-18)17-11/h10-14,17-20H,3-9H2,1-2H3,(H,16,21)/t10?,11-,12-,13-,14-/m1/s1. The number of rotatable bonds is 9. The van der Waals surface area contributed by atoms with Crippen LogP contribution in [0.15, 0.2) is 0 Å². The van der Waals surface area contributed by atoms with E-state index >= 15 is 0 Å². The van der Waals surface area contributed by atoms with Crippen LogP contribution in [0.3, 0.4) is 0 Å². The third-order valence-electron chi connectivity index (χ3n) is 4.32. The molecule has 1 rings (SSSR count). The fraction of sp³-hybridized carbons (Fsp3) is 0.933. The van der Waals surface area contributed by atoms with Crippen LogP contribution in [0.5, 0.6) is 0 Å². The minimum atomic E-state index is -0.997. The van der Waals surface area contributed by atoms with Gasteiger partial charge in [-0.15, -0.1) is 0 Å². The van der Waals surface area contributed by atoms with Gasteiger partial charge < -0.3 is 26.0 Å². The number of carbonyl (C=O) groups is 1. The van der Waals surface area contributed by atoms with Crippen molar-refractivity contribution in [2.45, 2.75) is 70.2 Å². The van der Waals surface area contributed by atoms with Gasteiger partial charge in [0.05, 0.1) is 30.9 Å². The summed E-state index contributed by atoms with van der Waals surface area (Å²) in [4.78, 5) is 12.1. The molecule has 1 aliphatic heterocycles. The van der Waals surface area contributed by atoms with E-state index in [1.807, 2.05) is 6.92 Å². The second-order valence-corrected chi connectivity index (χ2v) is 5.89. The van der Waals surface area contributed by atoms with Crippen molar-refractivity contribution in [2.24, 2.45) is 5.92 Å². The monoisotopic (exact) mass is 302 g/mol. The van der Waals surface area contributed by atoms with Crippen LogP contribution in [0.1, 0.15) is 46.0 Å². The van der Waals surface area contributed by atoms with Gasteiger partial charge in [0, 0.05) is 12.5 Å². The molecule has 5 atom stereocenters. The van der Waals surface area contributed by atoms with Gasteiger partial charge in [-0.2, -0.15) is 0 Å². The molecule has 5 N–H and O–H groups in total. The van der Waals surface area contributed by atoms with E-state index in [-0.39, 0.29) is 25.0 Å². The van der Waals surface area contributed by atoms with Gasteiger partial charge in [0.1, 0.15) is 0 Å². The summed E-state index contributed by atoms with van der Waals surface area (Å²) in [6, 6.07) is -0.956. The molecule has 1 aliphatic rings. The first-order chi connectivity index (χ1) is 10.0. The van der Waals surface area contributed by atoms with Gasteiger partial charge in [0.2, 0.25) is 5.91 Å². The Labute approximate surface area is 126 Å². The summed E-state index contributed by atoms with van der Waals surface area (Å²) in [5, 5.41) is 34.4. The molecule has 1 unspecified atom stereocenters. The van der Waals surface area contributed by atoms with Gasteiger partial charge in [-0.1, -0.05) is 33.1 Å². The van der Waals surface area contributed by atoms with E-state index in [1.54, 1.807) is 0 Å². The maximum absolute atomic E-state index is 12.1. The van der Waals surface area contributed by atoms with Crippen LogP contribution in [0, 0.1) is 5.92 Å². The Balaban J connectivity index is 2.37. The Hall–Kier alpha value is -0.690. The van der Waals surface area contributed by atoms with E-state index < -0.39 is 24.3 Å². The van der Waals surface area contributed by atoms with Gasteiger partial charge in [-0.05, 0) is 12.8 Å². The Bertz CT molecular complexity index is 314. The Morgan fingerprint density at radius 1 is 1.19 bits per heavy atom. The van der Waals surface area contributed by atoms with Crippen molar-refractivity contribution in [2.75, 3.05) is 13.2 Å².